The van der Waals surface area contributed by atoms with Gasteiger partial charge in [0.2, 0.25) is 5.56 Å². The zero-order valence-corrected chi connectivity index (χ0v) is 15.1. The number of benzene rings is 2. The highest BCUT2D eigenvalue weighted by molar-refractivity contribution is 7.98. The Bertz CT molecular complexity index is 1070. The summed E-state index contributed by atoms with van der Waals surface area (Å²) in [7, 11) is 0. The van der Waals surface area contributed by atoms with Crippen LogP contribution in [0.15, 0.2) is 70.5 Å². The lowest BCUT2D eigenvalue weighted by Gasteiger charge is -2.09. The first-order valence-corrected chi connectivity index (χ1v) is 9.20. The summed E-state index contributed by atoms with van der Waals surface area (Å²) in [5, 5.41) is 19.2. The van der Waals surface area contributed by atoms with Crippen molar-refractivity contribution in [3.05, 3.63) is 98.8 Å². The highest BCUT2D eigenvalue weighted by Gasteiger charge is 2.12. The van der Waals surface area contributed by atoms with Crippen molar-refractivity contribution in [2.45, 2.75) is 17.2 Å². The molecule has 2 aromatic carbocycles. The molecule has 0 aliphatic heterocycles. The third-order valence-corrected chi connectivity index (χ3v) is 5.07. The van der Waals surface area contributed by atoms with Gasteiger partial charge in [-0.1, -0.05) is 42.5 Å². The number of carboxylic acid groups (broad SMARTS) is 1. The number of pyridine rings is 1. The molecule has 0 spiro atoms. The van der Waals surface area contributed by atoms with Gasteiger partial charge in [-0.25, -0.2) is 4.79 Å². The van der Waals surface area contributed by atoms with Gasteiger partial charge in [0.15, 0.2) is 0 Å². The van der Waals surface area contributed by atoms with Gasteiger partial charge in [-0.3, -0.25) is 4.79 Å². The molecule has 3 aromatic rings. The second-order valence-electron chi connectivity index (χ2n) is 5.93. The van der Waals surface area contributed by atoms with Crippen molar-refractivity contribution in [1.29, 1.82) is 5.26 Å². The number of aromatic amines is 1. The van der Waals surface area contributed by atoms with Gasteiger partial charge in [0.1, 0.15) is 6.07 Å². The molecule has 0 atom stereocenters. The molecule has 134 valence electrons. The zero-order valence-electron chi connectivity index (χ0n) is 14.3. The quantitative estimate of drug-likeness (QED) is 0.638. The molecule has 0 amide bonds. The molecule has 3 rings (SSSR count). The summed E-state index contributed by atoms with van der Waals surface area (Å²) in [4.78, 5) is 25.9. The van der Waals surface area contributed by atoms with Crippen LogP contribution in [-0.2, 0) is 12.2 Å². The molecule has 0 unspecified atom stereocenters. The van der Waals surface area contributed by atoms with Gasteiger partial charge < -0.3 is 10.1 Å². The second-order valence-corrected chi connectivity index (χ2v) is 6.92. The van der Waals surface area contributed by atoms with Crippen LogP contribution in [0.3, 0.4) is 0 Å². The van der Waals surface area contributed by atoms with Crippen molar-refractivity contribution in [1.82, 2.24) is 4.98 Å². The fraction of sp³-hybridized carbons (Fsp3) is 0.0952. The molecule has 27 heavy (non-hydrogen) atoms. The fourth-order valence-electron chi connectivity index (χ4n) is 2.72. The Hall–Kier alpha value is -3.30. The fourth-order valence-corrected chi connectivity index (χ4v) is 3.71. The summed E-state index contributed by atoms with van der Waals surface area (Å²) in [6.07, 6.45) is 0.496. The number of carbonyl (C=O) groups is 1. The van der Waals surface area contributed by atoms with Crippen LogP contribution in [0.25, 0.3) is 0 Å². The molecule has 0 aliphatic carbocycles. The van der Waals surface area contributed by atoms with E-state index in [1.165, 1.54) is 23.9 Å². The molecule has 1 aromatic heterocycles. The summed E-state index contributed by atoms with van der Waals surface area (Å²) in [5.74, 6) is -0.543. The Morgan fingerprint density at radius 1 is 1.07 bits per heavy atom. The first-order valence-electron chi connectivity index (χ1n) is 8.22. The zero-order chi connectivity index (χ0) is 19.2. The van der Waals surface area contributed by atoms with E-state index in [0.29, 0.717) is 28.3 Å². The predicted octanol–water partition coefficient (Wildman–Crippen LogP) is 3.83. The van der Waals surface area contributed by atoms with Gasteiger partial charge in [-0.15, -0.1) is 11.8 Å². The average molecular weight is 376 g/mol. The van der Waals surface area contributed by atoms with Crippen LogP contribution < -0.4 is 5.56 Å². The molecule has 0 saturated carbocycles. The van der Waals surface area contributed by atoms with Crippen molar-refractivity contribution in [2.75, 3.05) is 0 Å². The number of nitrogens with zero attached hydrogens (tertiary/aromatic N) is 1. The number of hydrogen-bond acceptors (Lipinski definition) is 4. The summed E-state index contributed by atoms with van der Waals surface area (Å²) in [6.45, 7) is 0. The van der Waals surface area contributed by atoms with E-state index in [0.717, 1.165) is 11.1 Å². The van der Waals surface area contributed by atoms with E-state index in [1.807, 2.05) is 36.4 Å². The van der Waals surface area contributed by atoms with Gasteiger partial charge in [-0.05, 0) is 35.2 Å². The third kappa shape index (κ3) is 4.66. The summed E-state index contributed by atoms with van der Waals surface area (Å²) in [5.41, 5.74) is 2.89. The van der Waals surface area contributed by atoms with Crippen LogP contribution in [0.1, 0.15) is 32.6 Å². The molecule has 0 bridgehead atoms. The highest BCUT2D eigenvalue weighted by Crippen LogP contribution is 2.26. The minimum absolute atomic E-state index is 0.208. The summed E-state index contributed by atoms with van der Waals surface area (Å²) >= 11 is 1.31. The molecule has 2 N–H and O–H groups in total. The van der Waals surface area contributed by atoms with Crippen molar-refractivity contribution < 1.29 is 9.90 Å². The van der Waals surface area contributed by atoms with Gasteiger partial charge in [0, 0.05) is 11.8 Å². The minimum Gasteiger partial charge on any atom is -0.478 e. The van der Waals surface area contributed by atoms with Gasteiger partial charge in [-0.2, -0.15) is 5.26 Å². The number of aromatic nitrogens is 1. The smallest absolute Gasteiger partial charge is 0.335 e. The molecule has 0 fully saturated rings. The van der Waals surface area contributed by atoms with E-state index in [1.54, 1.807) is 12.1 Å². The lowest BCUT2D eigenvalue weighted by atomic mass is 10.0. The Morgan fingerprint density at radius 3 is 2.52 bits per heavy atom. The molecule has 0 aliphatic rings. The standard InChI is InChI=1S/C21H16N2O3S/c22-12-18-17(9-14-5-2-1-3-6-14)11-19(24)23-20(18)27-13-15-7-4-8-16(10-15)21(25)26/h1-8,10-11H,9,13H2,(H,23,24)(H,25,26). The normalized spacial score (nSPS) is 10.3. The van der Waals surface area contributed by atoms with Crippen molar-refractivity contribution >= 4 is 17.7 Å². The first-order chi connectivity index (χ1) is 13.1. The van der Waals surface area contributed by atoms with Crippen LogP contribution in [0.4, 0.5) is 0 Å². The van der Waals surface area contributed by atoms with Crippen LogP contribution >= 0.6 is 11.8 Å². The number of hydrogen-bond donors (Lipinski definition) is 2. The van der Waals surface area contributed by atoms with Crippen molar-refractivity contribution in [3.8, 4) is 6.07 Å². The summed E-state index contributed by atoms with van der Waals surface area (Å²) < 4.78 is 0. The Labute approximate surface area is 160 Å². The van der Waals surface area contributed by atoms with Crippen LogP contribution in [0.2, 0.25) is 0 Å². The number of nitriles is 1. The van der Waals surface area contributed by atoms with E-state index in [9.17, 15) is 14.9 Å². The van der Waals surface area contributed by atoms with E-state index < -0.39 is 5.97 Å². The first kappa shape index (κ1) is 18.5. The van der Waals surface area contributed by atoms with Crippen LogP contribution in [0, 0.1) is 11.3 Å². The Balaban J connectivity index is 1.87. The lowest BCUT2D eigenvalue weighted by Crippen LogP contribution is -2.11. The molecular weight excluding hydrogens is 360 g/mol. The highest BCUT2D eigenvalue weighted by atomic mass is 32.2. The minimum atomic E-state index is -0.988. The maximum Gasteiger partial charge on any atom is 0.335 e. The third-order valence-electron chi connectivity index (χ3n) is 4.00. The van der Waals surface area contributed by atoms with E-state index in [4.69, 9.17) is 5.11 Å². The van der Waals surface area contributed by atoms with E-state index >= 15 is 0 Å². The Kier molecular flexibility index (Phi) is 5.74. The molecule has 0 saturated heterocycles. The summed E-state index contributed by atoms with van der Waals surface area (Å²) in [6, 6.07) is 19.9. The van der Waals surface area contributed by atoms with E-state index in [-0.39, 0.29) is 11.1 Å². The van der Waals surface area contributed by atoms with Gasteiger partial charge in [0.25, 0.3) is 0 Å². The van der Waals surface area contributed by atoms with Crippen LogP contribution in [0.5, 0.6) is 0 Å². The number of aromatic carboxylic acids is 1. The second kappa shape index (κ2) is 8.39. The maximum absolute atomic E-state index is 12.1. The van der Waals surface area contributed by atoms with E-state index in [2.05, 4.69) is 11.1 Å². The number of H-pyrrole nitrogens is 1. The average Bonchev–Trinajstić information content (AvgIpc) is 2.67. The largest absolute Gasteiger partial charge is 0.478 e. The number of nitrogens with one attached hydrogen (secondary N) is 1. The van der Waals surface area contributed by atoms with Crippen molar-refractivity contribution in [3.63, 3.8) is 0 Å². The topological polar surface area (TPSA) is 94.0 Å². The number of rotatable bonds is 6. The van der Waals surface area contributed by atoms with Crippen LogP contribution in [-0.4, -0.2) is 16.1 Å². The lowest BCUT2D eigenvalue weighted by molar-refractivity contribution is 0.0697. The molecule has 5 nitrogen and oxygen atoms in total. The molecule has 0 radical (unpaired) electrons. The maximum atomic E-state index is 12.1. The molecule has 1 heterocycles. The SMILES string of the molecule is N#Cc1c(Cc2ccccc2)cc(=O)[nH]c1SCc1cccc(C(=O)O)c1. The Morgan fingerprint density at radius 2 is 1.81 bits per heavy atom. The van der Waals surface area contributed by atoms with Gasteiger partial charge in [0.05, 0.1) is 16.2 Å². The number of carboxylic acids is 1. The molecule has 6 heteroatoms. The number of thioether (sulfide) groups is 1. The van der Waals surface area contributed by atoms with Crippen molar-refractivity contribution in [2.24, 2.45) is 0 Å². The predicted molar refractivity (Wildman–Crippen MR) is 104 cm³/mol. The van der Waals surface area contributed by atoms with Gasteiger partial charge >= 0.3 is 5.97 Å². The monoisotopic (exact) mass is 376 g/mol. The molecular formula is C21H16N2O3S.